The zero-order chi connectivity index (χ0) is 9.47. The molecule has 1 aliphatic rings. The van der Waals surface area contributed by atoms with Crippen molar-refractivity contribution in [1.29, 1.82) is 0 Å². The molecule has 5 heteroatoms. The summed E-state index contributed by atoms with van der Waals surface area (Å²) in [5.41, 5.74) is 0.368. The molecule has 1 aromatic heterocycles. The van der Waals surface area contributed by atoms with Gasteiger partial charge >= 0.3 is 6.18 Å². The van der Waals surface area contributed by atoms with Crippen LogP contribution in [-0.2, 0) is 19.3 Å². The van der Waals surface area contributed by atoms with Gasteiger partial charge in [-0.25, -0.2) is 0 Å². The van der Waals surface area contributed by atoms with Gasteiger partial charge in [-0.15, -0.1) is 0 Å². The van der Waals surface area contributed by atoms with Gasteiger partial charge in [0.1, 0.15) is 0 Å². The molecular formula is C8H7F3N2. The molecule has 0 spiro atoms. The largest absolute Gasteiger partial charge is 0.418 e. The summed E-state index contributed by atoms with van der Waals surface area (Å²) >= 11 is 0. The van der Waals surface area contributed by atoms with Crippen LogP contribution in [-0.4, -0.2) is 4.98 Å². The Kier molecular flexibility index (Phi) is 1.76. The molecule has 1 aromatic rings. The minimum Gasteiger partial charge on any atom is -0.309 e. The minimum atomic E-state index is -4.29. The molecule has 0 saturated carbocycles. The van der Waals surface area contributed by atoms with Crippen LogP contribution in [0.1, 0.15) is 16.7 Å². The summed E-state index contributed by atoms with van der Waals surface area (Å²) in [7, 11) is 0. The van der Waals surface area contributed by atoms with Gasteiger partial charge in [0.2, 0.25) is 0 Å². The van der Waals surface area contributed by atoms with E-state index < -0.39 is 11.7 Å². The number of hydrogen-bond acceptors (Lipinski definition) is 2. The first kappa shape index (κ1) is 8.50. The molecule has 0 amide bonds. The maximum atomic E-state index is 12.4. The third-order valence-corrected chi connectivity index (χ3v) is 2.07. The molecule has 2 rings (SSSR count). The van der Waals surface area contributed by atoms with Crippen LogP contribution in [0, 0.1) is 0 Å². The Morgan fingerprint density at radius 1 is 1.23 bits per heavy atom. The van der Waals surface area contributed by atoms with Crippen LogP contribution in [0.25, 0.3) is 0 Å². The number of halogens is 3. The second-order valence-electron chi connectivity index (χ2n) is 2.93. The monoisotopic (exact) mass is 188 g/mol. The average molecular weight is 188 g/mol. The lowest BCUT2D eigenvalue weighted by Gasteiger charge is -2.09. The van der Waals surface area contributed by atoms with E-state index in [-0.39, 0.29) is 6.54 Å². The van der Waals surface area contributed by atoms with E-state index in [0.29, 0.717) is 17.7 Å². The SMILES string of the molecule is FC(F)(F)c1cncc2c1CNC2. The zero-order valence-corrected chi connectivity index (χ0v) is 6.65. The van der Waals surface area contributed by atoms with Crippen molar-refractivity contribution in [3.63, 3.8) is 0 Å². The molecule has 0 unspecified atom stereocenters. The highest BCUT2D eigenvalue weighted by atomic mass is 19.4. The van der Waals surface area contributed by atoms with E-state index in [9.17, 15) is 13.2 Å². The van der Waals surface area contributed by atoms with Gasteiger partial charge in [-0.2, -0.15) is 13.2 Å². The third-order valence-electron chi connectivity index (χ3n) is 2.07. The van der Waals surface area contributed by atoms with Crippen molar-refractivity contribution in [3.05, 3.63) is 29.1 Å². The predicted octanol–water partition coefficient (Wildman–Crippen LogP) is 1.70. The summed E-state index contributed by atoms with van der Waals surface area (Å²) in [5, 5.41) is 2.86. The van der Waals surface area contributed by atoms with Gasteiger partial charge in [0, 0.05) is 25.5 Å². The van der Waals surface area contributed by atoms with E-state index in [4.69, 9.17) is 0 Å². The van der Waals surface area contributed by atoms with Gasteiger partial charge in [0.15, 0.2) is 0 Å². The number of hydrogen-bond donors (Lipinski definition) is 1. The molecule has 2 heterocycles. The van der Waals surface area contributed by atoms with E-state index in [1.165, 1.54) is 6.20 Å². The summed E-state index contributed by atoms with van der Waals surface area (Å²) in [6, 6.07) is 0. The lowest BCUT2D eigenvalue weighted by atomic mass is 10.1. The summed E-state index contributed by atoms with van der Waals surface area (Å²) in [6.45, 7) is 0.763. The Labute approximate surface area is 72.8 Å². The van der Waals surface area contributed by atoms with Gasteiger partial charge in [0.25, 0.3) is 0 Å². The van der Waals surface area contributed by atoms with Crippen molar-refractivity contribution < 1.29 is 13.2 Å². The topological polar surface area (TPSA) is 24.9 Å². The van der Waals surface area contributed by atoms with Crippen molar-refractivity contribution in [2.45, 2.75) is 19.3 Å². The quantitative estimate of drug-likeness (QED) is 0.670. The van der Waals surface area contributed by atoms with Crippen LogP contribution in [0.3, 0.4) is 0 Å². The smallest absolute Gasteiger partial charge is 0.309 e. The lowest BCUT2D eigenvalue weighted by Crippen LogP contribution is -2.10. The normalized spacial score (nSPS) is 15.9. The fourth-order valence-electron chi connectivity index (χ4n) is 1.46. The van der Waals surface area contributed by atoms with E-state index in [1.807, 2.05) is 0 Å². The minimum absolute atomic E-state index is 0.284. The fraction of sp³-hybridized carbons (Fsp3) is 0.375. The van der Waals surface area contributed by atoms with E-state index >= 15 is 0 Å². The molecule has 0 aliphatic carbocycles. The van der Waals surface area contributed by atoms with Gasteiger partial charge in [-0.05, 0) is 11.1 Å². The highest BCUT2D eigenvalue weighted by Gasteiger charge is 2.35. The number of aromatic nitrogens is 1. The maximum Gasteiger partial charge on any atom is 0.418 e. The molecular weight excluding hydrogens is 181 g/mol. The molecule has 0 atom stereocenters. The Morgan fingerprint density at radius 2 is 2.00 bits per heavy atom. The summed E-state index contributed by atoms with van der Waals surface area (Å²) in [4.78, 5) is 3.56. The second-order valence-corrected chi connectivity index (χ2v) is 2.93. The molecule has 1 N–H and O–H groups in total. The van der Waals surface area contributed by atoms with Crippen LogP contribution in [0.2, 0.25) is 0 Å². The highest BCUT2D eigenvalue weighted by molar-refractivity contribution is 5.36. The van der Waals surface area contributed by atoms with Gasteiger partial charge < -0.3 is 5.32 Å². The maximum absolute atomic E-state index is 12.4. The van der Waals surface area contributed by atoms with Crippen molar-refractivity contribution >= 4 is 0 Å². The zero-order valence-electron chi connectivity index (χ0n) is 6.65. The van der Waals surface area contributed by atoms with Crippen LogP contribution in [0.4, 0.5) is 13.2 Å². The number of pyridine rings is 1. The number of rotatable bonds is 0. The van der Waals surface area contributed by atoms with Crippen molar-refractivity contribution in [3.8, 4) is 0 Å². The molecule has 1 aliphatic heterocycles. The molecule has 0 radical (unpaired) electrons. The molecule has 70 valence electrons. The number of nitrogens with zero attached hydrogens (tertiary/aromatic N) is 1. The Balaban J connectivity index is 2.54. The Morgan fingerprint density at radius 3 is 2.69 bits per heavy atom. The first-order chi connectivity index (χ1) is 6.09. The molecule has 0 bridgehead atoms. The van der Waals surface area contributed by atoms with E-state index in [1.54, 1.807) is 0 Å². The first-order valence-corrected chi connectivity index (χ1v) is 3.82. The van der Waals surface area contributed by atoms with Crippen molar-refractivity contribution in [1.82, 2.24) is 10.3 Å². The van der Waals surface area contributed by atoms with Crippen molar-refractivity contribution in [2.75, 3.05) is 0 Å². The van der Waals surface area contributed by atoms with Crippen molar-refractivity contribution in [2.24, 2.45) is 0 Å². The molecule has 0 saturated heterocycles. The molecule has 0 aromatic carbocycles. The second kappa shape index (κ2) is 2.70. The van der Waals surface area contributed by atoms with Crippen LogP contribution >= 0.6 is 0 Å². The first-order valence-electron chi connectivity index (χ1n) is 3.82. The van der Waals surface area contributed by atoms with Crippen LogP contribution < -0.4 is 5.32 Å². The lowest BCUT2D eigenvalue weighted by molar-refractivity contribution is -0.138. The van der Waals surface area contributed by atoms with Gasteiger partial charge in [0.05, 0.1) is 5.56 Å². The van der Waals surface area contributed by atoms with Crippen LogP contribution in [0.5, 0.6) is 0 Å². The Bertz CT molecular complexity index is 333. The number of fused-ring (bicyclic) bond motifs is 1. The number of alkyl halides is 3. The van der Waals surface area contributed by atoms with E-state index in [2.05, 4.69) is 10.3 Å². The van der Waals surface area contributed by atoms with Gasteiger partial charge in [-0.3, -0.25) is 4.98 Å². The van der Waals surface area contributed by atoms with Crippen LogP contribution in [0.15, 0.2) is 12.4 Å². The standard InChI is InChI=1S/C8H7F3N2/c9-8(10,11)7-4-13-2-5-1-12-3-6(5)7/h2,4,12H,1,3H2. The molecule has 2 nitrogen and oxygen atoms in total. The summed E-state index contributed by atoms with van der Waals surface area (Å²) in [5.74, 6) is 0. The number of nitrogens with one attached hydrogen (secondary N) is 1. The average Bonchev–Trinajstić information content (AvgIpc) is 2.48. The van der Waals surface area contributed by atoms with Gasteiger partial charge in [-0.1, -0.05) is 0 Å². The Hall–Kier alpha value is -1.10. The fourth-order valence-corrected chi connectivity index (χ4v) is 1.46. The highest BCUT2D eigenvalue weighted by Crippen LogP contribution is 2.33. The summed E-state index contributed by atoms with van der Waals surface area (Å²) in [6.07, 6.45) is -1.93. The third kappa shape index (κ3) is 1.39. The predicted molar refractivity (Wildman–Crippen MR) is 39.8 cm³/mol. The molecule has 13 heavy (non-hydrogen) atoms. The van der Waals surface area contributed by atoms with E-state index in [0.717, 1.165) is 6.20 Å². The summed E-state index contributed by atoms with van der Waals surface area (Å²) < 4.78 is 37.1. The molecule has 0 fully saturated rings.